The molecule has 5 N–H and O–H groups in total. The molecule has 0 bridgehead atoms. The van der Waals surface area contributed by atoms with Crippen molar-refractivity contribution >= 4 is 11.6 Å². The fourth-order valence-corrected chi connectivity index (χ4v) is 3.38. The summed E-state index contributed by atoms with van der Waals surface area (Å²) in [6.07, 6.45) is -7.67. The molecule has 32 heavy (non-hydrogen) atoms. The van der Waals surface area contributed by atoms with Gasteiger partial charge in [-0.05, 0) is 30.3 Å². The summed E-state index contributed by atoms with van der Waals surface area (Å²) >= 11 is 0. The molecule has 0 radical (unpaired) electrons. The summed E-state index contributed by atoms with van der Waals surface area (Å²) in [5, 5.41) is 49.1. The molecule has 0 unspecified atom stereocenters. The standard InChI is InChI=1S/C21H20O11/c22-7-15-18(26)19(27)20(28)21(32-15)31-12-4-10(3-11(23)6-12)17(25)16(24)9-1-2-13-14(5-9)30-8-29-13/h1-6,15,18-23,26-28H,7-8H2/t15-,18-,19+,20-,21-/m1/s1. The molecule has 0 amide bonds. The third-order valence-corrected chi connectivity index (χ3v) is 5.10. The number of aliphatic hydroxyl groups excluding tert-OH is 4. The summed E-state index contributed by atoms with van der Waals surface area (Å²) in [5.74, 6) is -1.61. The monoisotopic (exact) mass is 448 g/mol. The Labute approximate surface area is 181 Å². The van der Waals surface area contributed by atoms with Crippen LogP contribution in [0.5, 0.6) is 23.0 Å². The van der Waals surface area contributed by atoms with Gasteiger partial charge in [0.05, 0.1) is 6.61 Å². The predicted octanol–water partition coefficient (Wildman–Crippen LogP) is -0.635. The molecule has 11 nitrogen and oxygen atoms in total. The fraction of sp³-hybridized carbons (Fsp3) is 0.333. The number of carbonyl (C=O) groups is 2. The van der Waals surface area contributed by atoms with Gasteiger partial charge in [-0.2, -0.15) is 0 Å². The number of aliphatic hydroxyl groups is 4. The highest BCUT2D eigenvalue weighted by molar-refractivity contribution is 6.49. The lowest BCUT2D eigenvalue weighted by Gasteiger charge is -2.39. The van der Waals surface area contributed by atoms with Crippen molar-refractivity contribution in [2.24, 2.45) is 0 Å². The van der Waals surface area contributed by atoms with Crippen molar-refractivity contribution in [3.63, 3.8) is 0 Å². The highest BCUT2D eigenvalue weighted by Gasteiger charge is 2.44. The number of phenols is 1. The molecule has 0 saturated carbocycles. The van der Waals surface area contributed by atoms with Gasteiger partial charge in [0.15, 0.2) is 11.5 Å². The lowest BCUT2D eigenvalue weighted by atomic mass is 9.99. The fourth-order valence-electron chi connectivity index (χ4n) is 3.38. The van der Waals surface area contributed by atoms with E-state index in [2.05, 4.69) is 0 Å². The van der Waals surface area contributed by atoms with E-state index in [1.165, 1.54) is 18.2 Å². The smallest absolute Gasteiger partial charge is 0.233 e. The first kappa shape index (κ1) is 22.0. The normalized spacial score (nSPS) is 26.6. The van der Waals surface area contributed by atoms with Crippen molar-refractivity contribution in [2.45, 2.75) is 30.7 Å². The summed E-state index contributed by atoms with van der Waals surface area (Å²) in [7, 11) is 0. The maximum absolute atomic E-state index is 12.7. The number of fused-ring (bicyclic) bond motifs is 1. The van der Waals surface area contributed by atoms with Gasteiger partial charge in [-0.15, -0.1) is 0 Å². The molecular weight excluding hydrogens is 428 g/mol. The van der Waals surface area contributed by atoms with Crippen LogP contribution in [0.4, 0.5) is 0 Å². The van der Waals surface area contributed by atoms with Crippen LogP contribution in [0.2, 0.25) is 0 Å². The Kier molecular flexibility index (Phi) is 6.00. The number of benzene rings is 2. The molecule has 1 fully saturated rings. The molecule has 2 aromatic rings. The highest BCUT2D eigenvalue weighted by atomic mass is 16.7. The number of ether oxygens (including phenoxy) is 4. The Morgan fingerprint density at radius 2 is 1.62 bits per heavy atom. The second kappa shape index (κ2) is 8.73. The van der Waals surface area contributed by atoms with Gasteiger partial charge in [0.1, 0.15) is 35.9 Å². The largest absolute Gasteiger partial charge is 0.508 e. The first-order valence-electron chi connectivity index (χ1n) is 9.58. The van der Waals surface area contributed by atoms with Gasteiger partial charge in [-0.1, -0.05) is 0 Å². The first-order valence-corrected chi connectivity index (χ1v) is 9.58. The Morgan fingerprint density at radius 3 is 2.38 bits per heavy atom. The molecular formula is C21H20O11. The van der Waals surface area contributed by atoms with Crippen LogP contribution >= 0.6 is 0 Å². The third-order valence-electron chi connectivity index (χ3n) is 5.10. The number of ketones is 2. The van der Waals surface area contributed by atoms with Crippen LogP contribution in [0.25, 0.3) is 0 Å². The SMILES string of the molecule is O=C(C(=O)c1ccc2c(c1)OCO2)c1cc(O)cc(O[C@@H]2O[C@H](CO)[C@@H](O)[C@H](O)[C@H]2O)c1. The van der Waals surface area contributed by atoms with Crippen LogP contribution in [0, 0.1) is 0 Å². The van der Waals surface area contributed by atoms with E-state index < -0.39 is 54.6 Å². The van der Waals surface area contributed by atoms with Crippen LogP contribution in [-0.2, 0) is 4.74 Å². The summed E-state index contributed by atoms with van der Waals surface area (Å²) in [5.41, 5.74) is -0.147. The molecule has 2 heterocycles. The van der Waals surface area contributed by atoms with Gasteiger partial charge < -0.3 is 44.5 Å². The zero-order chi connectivity index (χ0) is 23.0. The second-order valence-corrected chi connectivity index (χ2v) is 7.26. The third kappa shape index (κ3) is 4.11. The van der Waals surface area contributed by atoms with E-state index in [-0.39, 0.29) is 23.7 Å². The number of Topliss-reactive ketones (excluding diaryl/α,β-unsaturated/α-hetero) is 2. The number of aromatic hydroxyl groups is 1. The molecule has 170 valence electrons. The van der Waals surface area contributed by atoms with E-state index >= 15 is 0 Å². The highest BCUT2D eigenvalue weighted by Crippen LogP contribution is 2.33. The Bertz CT molecular complexity index is 1030. The Morgan fingerprint density at radius 1 is 0.906 bits per heavy atom. The van der Waals surface area contributed by atoms with E-state index in [4.69, 9.17) is 18.9 Å². The summed E-state index contributed by atoms with van der Waals surface area (Å²) < 4.78 is 21.0. The molecule has 5 atom stereocenters. The quantitative estimate of drug-likeness (QED) is 0.281. The number of hydrogen-bond donors (Lipinski definition) is 5. The minimum absolute atomic E-state index is 0.00608. The molecule has 2 aliphatic rings. The summed E-state index contributed by atoms with van der Waals surface area (Å²) in [6.45, 7) is -0.648. The number of phenolic OH excluding ortho intramolecular Hbond substituents is 1. The zero-order valence-electron chi connectivity index (χ0n) is 16.5. The average Bonchev–Trinajstić information content (AvgIpc) is 3.26. The van der Waals surface area contributed by atoms with Gasteiger partial charge in [0, 0.05) is 17.2 Å². The van der Waals surface area contributed by atoms with E-state index in [0.29, 0.717) is 11.5 Å². The van der Waals surface area contributed by atoms with Crippen LogP contribution < -0.4 is 14.2 Å². The summed E-state index contributed by atoms with van der Waals surface area (Å²) in [6, 6.07) is 7.59. The molecule has 0 spiro atoms. The van der Waals surface area contributed by atoms with E-state index in [1.807, 2.05) is 0 Å². The molecule has 11 heteroatoms. The van der Waals surface area contributed by atoms with E-state index in [0.717, 1.165) is 18.2 Å². The maximum Gasteiger partial charge on any atom is 0.233 e. The van der Waals surface area contributed by atoms with Crippen molar-refractivity contribution in [1.82, 2.24) is 0 Å². The lowest BCUT2D eigenvalue weighted by molar-refractivity contribution is -0.277. The van der Waals surface area contributed by atoms with Gasteiger partial charge in [0.25, 0.3) is 0 Å². The second-order valence-electron chi connectivity index (χ2n) is 7.26. The van der Waals surface area contributed by atoms with E-state index in [9.17, 15) is 35.1 Å². The molecule has 1 saturated heterocycles. The molecule has 0 aromatic heterocycles. The zero-order valence-corrected chi connectivity index (χ0v) is 16.5. The molecule has 2 aromatic carbocycles. The Hall–Kier alpha value is -3.22. The van der Waals surface area contributed by atoms with Crippen LogP contribution in [-0.4, -0.2) is 81.2 Å². The molecule has 0 aliphatic carbocycles. The van der Waals surface area contributed by atoms with Crippen LogP contribution in [0.15, 0.2) is 36.4 Å². The topological polar surface area (TPSA) is 172 Å². The number of rotatable bonds is 6. The van der Waals surface area contributed by atoms with Gasteiger partial charge in [-0.25, -0.2) is 0 Å². The average molecular weight is 448 g/mol. The molecule has 2 aliphatic heterocycles. The number of hydrogen-bond acceptors (Lipinski definition) is 11. The Balaban J connectivity index is 1.54. The molecule has 4 rings (SSSR count). The van der Waals surface area contributed by atoms with Gasteiger partial charge >= 0.3 is 0 Å². The van der Waals surface area contributed by atoms with Crippen LogP contribution in [0.3, 0.4) is 0 Å². The van der Waals surface area contributed by atoms with E-state index in [1.54, 1.807) is 0 Å². The van der Waals surface area contributed by atoms with Crippen molar-refractivity contribution < 1.29 is 54.1 Å². The van der Waals surface area contributed by atoms with Crippen LogP contribution in [0.1, 0.15) is 20.7 Å². The minimum Gasteiger partial charge on any atom is -0.508 e. The maximum atomic E-state index is 12.7. The van der Waals surface area contributed by atoms with Crippen molar-refractivity contribution in [2.75, 3.05) is 13.4 Å². The minimum atomic E-state index is -1.69. The van der Waals surface area contributed by atoms with Gasteiger partial charge in [-0.3, -0.25) is 9.59 Å². The first-order chi connectivity index (χ1) is 15.3. The van der Waals surface area contributed by atoms with Crippen molar-refractivity contribution in [3.8, 4) is 23.0 Å². The number of carbonyl (C=O) groups excluding carboxylic acids is 2. The van der Waals surface area contributed by atoms with Gasteiger partial charge in [0.2, 0.25) is 24.6 Å². The summed E-state index contributed by atoms with van der Waals surface area (Å²) in [4.78, 5) is 25.4. The predicted molar refractivity (Wildman–Crippen MR) is 104 cm³/mol. The lowest BCUT2D eigenvalue weighted by Crippen LogP contribution is -2.60. The van der Waals surface area contributed by atoms with Crippen molar-refractivity contribution in [1.29, 1.82) is 0 Å². The van der Waals surface area contributed by atoms with Crippen molar-refractivity contribution in [3.05, 3.63) is 47.5 Å².